The fraction of sp³-hybridized carbons (Fsp3) is 0.409. The monoisotopic (exact) mass is 377 g/mol. The molecular weight excluding hydrogens is 350 g/mol. The van der Waals surface area contributed by atoms with Crippen molar-refractivity contribution in [1.82, 2.24) is 19.9 Å². The van der Waals surface area contributed by atoms with Crippen LogP contribution in [0.3, 0.4) is 0 Å². The molecule has 6 nitrogen and oxygen atoms in total. The zero-order valence-electron chi connectivity index (χ0n) is 16.1. The highest BCUT2D eigenvalue weighted by molar-refractivity contribution is 5.94. The summed E-state index contributed by atoms with van der Waals surface area (Å²) in [7, 11) is 0. The van der Waals surface area contributed by atoms with Crippen molar-refractivity contribution in [2.24, 2.45) is 5.73 Å². The number of aryl methyl sites for hydroxylation is 1. The lowest BCUT2D eigenvalue weighted by molar-refractivity contribution is 0.112. The number of fused-ring (bicyclic) bond motifs is 2. The van der Waals surface area contributed by atoms with Gasteiger partial charge in [-0.15, -0.1) is 0 Å². The predicted molar refractivity (Wildman–Crippen MR) is 110 cm³/mol. The largest absolute Gasteiger partial charge is 0.341 e. The number of hydrogen-bond donors (Lipinski definition) is 2. The van der Waals surface area contributed by atoms with Crippen LogP contribution in [0.1, 0.15) is 59.2 Å². The number of aromatic nitrogens is 3. The predicted octanol–water partition coefficient (Wildman–Crippen LogP) is 3.39. The summed E-state index contributed by atoms with van der Waals surface area (Å²) in [6, 6.07) is 10.2. The highest BCUT2D eigenvalue weighted by Gasteiger charge is 2.27. The molecular formula is C22H27N5O. The second kappa shape index (κ2) is 8.63. The zero-order valence-corrected chi connectivity index (χ0v) is 16.1. The number of para-hydroxylation sites is 1. The van der Waals surface area contributed by atoms with Crippen LogP contribution in [0.2, 0.25) is 0 Å². The third-order valence-electron chi connectivity index (χ3n) is 5.58. The Morgan fingerprint density at radius 1 is 1.25 bits per heavy atom. The van der Waals surface area contributed by atoms with E-state index < -0.39 is 0 Å². The summed E-state index contributed by atoms with van der Waals surface area (Å²) in [5, 5.41) is 0. The number of aldehydes is 1. The molecule has 0 aliphatic heterocycles. The van der Waals surface area contributed by atoms with Gasteiger partial charge in [0.1, 0.15) is 5.82 Å². The van der Waals surface area contributed by atoms with Gasteiger partial charge in [0.15, 0.2) is 6.29 Å². The molecule has 0 saturated carbocycles. The minimum absolute atomic E-state index is 0.293. The van der Waals surface area contributed by atoms with Crippen molar-refractivity contribution in [3.8, 4) is 0 Å². The van der Waals surface area contributed by atoms with Gasteiger partial charge in [-0.2, -0.15) is 0 Å². The molecule has 28 heavy (non-hydrogen) atoms. The van der Waals surface area contributed by atoms with E-state index in [0.717, 1.165) is 55.4 Å². The van der Waals surface area contributed by atoms with E-state index >= 15 is 0 Å². The number of benzene rings is 1. The SMILES string of the molecule is NCCCCN(Cc1nc2c(C=O)cccc2[nH]1)C1CCCc2cccnc21. The summed E-state index contributed by atoms with van der Waals surface area (Å²) >= 11 is 0. The van der Waals surface area contributed by atoms with E-state index in [4.69, 9.17) is 15.7 Å². The number of aromatic amines is 1. The van der Waals surface area contributed by atoms with Crippen molar-refractivity contribution < 1.29 is 4.79 Å². The highest BCUT2D eigenvalue weighted by atomic mass is 16.1. The number of carbonyl (C=O) groups excluding carboxylic acids is 1. The van der Waals surface area contributed by atoms with E-state index in [1.54, 1.807) is 6.07 Å². The number of nitrogens with two attached hydrogens (primary N) is 1. The molecule has 0 bridgehead atoms. The molecule has 2 aromatic heterocycles. The van der Waals surface area contributed by atoms with Gasteiger partial charge in [-0.1, -0.05) is 12.1 Å². The van der Waals surface area contributed by atoms with E-state index in [1.807, 2.05) is 24.4 Å². The Hall–Kier alpha value is -2.57. The smallest absolute Gasteiger partial charge is 0.152 e. The van der Waals surface area contributed by atoms with Crippen LogP contribution in [-0.4, -0.2) is 39.2 Å². The first-order valence-corrected chi connectivity index (χ1v) is 10.1. The minimum atomic E-state index is 0.293. The maximum atomic E-state index is 11.3. The summed E-state index contributed by atoms with van der Waals surface area (Å²) < 4.78 is 0. The summed E-state index contributed by atoms with van der Waals surface area (Å²) in [4.78, 5) is 26.6. The molecule has 6 heteroatoms. The Bertz CT molecular complexity index is 951. The number of H-pyrrole nitrogens is 1. The Balaban J connectivity index is 1.63. The number of rotatable bonds is 8. The van der Waals surface area contributed by atoms with Crippen molar-refractivity contribution in [2.75, 3.05) is 13.1 Å². The van der Waals surface area contributed by atoms with Gasteiger partial charge in [0.05, 0.1) is 29.3 Å². The molecule has 3 aromatic rings. The second-order valence-corrected chi connectivity index (χ2v) is 7.47. The number of nitrogens with one attached hydrogen (secondary N) is 1. The maximum Gasteiger partial charge on any atom is 0.152 e. The molecule has 1 aromatic carbocycles. The topological polar surface area (TPSA) is 87.9 Å². The second-order valence-electron chi connectivity index (χ2n) is 7.47. The Kier molecular flexibility index (Phi) is 5.78. The van der Waals surface area contributed by atoms with Crippen molar-refractivity contribution in [3.63, 3.8) is 0 Å². The molecule has 0 radical (unpaired) electrons. The van der Waals surface area contributed by atoms with Crippen molar-refractivity contribution in [1.29, 1.82) is 0 Å². The van der Waals surface area contributed by atoms with Gasteiger partial charge in [-0.25, -0.2) is 4.98 Å². The third kappa shape index (κ3) is 3.84. The first kappa shape index (κ1) is 18.8. The van der Waals surface area contributed by atoms with E-state index in [9.17, 15) is 4.79 Å². The summed E-state index contributed by atoms with van der Waals surface area (Å²) in [5.41, 5.74) is 10.6. The van der Waals surface area contributed by atoms with Crippen molar-refractivity contribution in [3.05, 3.63) is 59.2 Å². The fourth-order valence-corrected chi connectivity index (χ4v) is 4.21. The van der Waals surface area contributed by atoms with Crippen LogP contribution in [-0.2, 0) is 13.0 Å². The Labute approximate surface area is 165 Å². The standard InChI is InChI=1S/C22H27N5O/c23-11-1-2-13-27(19-10-4-6-16-8-5-12-24-22(16)19)14-20-25-18-9-3-7-17(15-28)21(18)26-20/h3,5,7-9,12,15,19H,1-2,4,6,10-11,13-14,23H2,(H,25,26). The lowest BCUT2D eigenvalue weighted by atomic mass is 9.90. The average molecular weight is 377 g/mol. The molecule has 0 amide bonds. The van der Waals surface area contributed by atoms with E-state index in [0.29, 0.717) is 24.7 Å². The molecule has 3 N–H and O–H groups in total. The van der Waals surface area contributed by atoms with Gasteiger partial charge in [0.2, 0.25) is 0 Å². The molecule has 1 unspecified atom stereocenters. The maximum absolute atomic E-state index is 11.3. The van der Waals surface area contributed by atoms with Crippen molar-refractivity contribution >= 4 is 17.3 Å². The van der Waals surface area contributed by atoms with E-state index in [1.165, 1.54) is 17.7 Å². The van der Waals surface area contributed by atoms with Gasteiger partial charge in [-0.3, -0.25) is 14.7 Å². The number of nitrogens with zero attached hydrogens (tertiary/aromatic N) is 3. The van der Waals surface area contributed by atoms with Crippen LogP contribution in [0.15, 0.2) is 36.5 Å². The summed E-state index contributed by atoms with van der Waals surface area (Å²) in [6.45, 7) is 2.37. The molecule has 1 aliphatic carbocycles. The Morgan fingerprint density at radius 2 is 2.18 bits per heavy atom. The summed E-state index contributed by atoms with van der Waals surface area (Å²) in [6.07, 6.45) is 8.20. The molecule has 2 heterocycles. The normalized spacial score (nSPS) is 16.4. The quantitative estimate of drug-likeness (QED) is 0.464. The lowest BCUT2D eigenvalue weighted by Gasteiger charge is -2.34. The molecule has 4 rings (SSSR count). The third-order valence-corrected chi connectivity index (χ3v) is 5.58. The van der Waals surface area contributed by atoms with Gasteiger partial charge < -0.3 is 10.7 Å². The first-order chi connectivity index (χ1) is 13.8. The lowest BCUT2D eigenvalue weighted by Crippen LogP contribution is -2.33. The number of pyridine rings is 1. The van der Waals surface area contributed by atoms with Crippen LogP contribution in [0, 0.1) is 0 Å². The van der Waals surface area contributed by atoms with E-state index in [-0.39, 0.29) is 0 Å². The number of imidazole rings is 1. The average Bonchev–Trinajstić information content (AvgIpc) is 3.15. The summed E-state index contributed by atoms with van der Waals surface area (Å²) in [5.74, 6) is 0.889. The molecule has 1 aliphatic rings. The van der Waals surface area contributed by atoms with Gasteiger partial charge >= 0.3 is 0 Å². The minimum Gasteiger partial charge on any atom is -0.341 e. The van der Waals surface area contributed by atoms with Crippen LogP contribution < -0.4 is 5.73 Å². The number of carbonyl (C=O) groups is 1. The molecule has 0 saturated heterocycles. The van der Waals surface area contributed by atoms with Crippen LogP contribution >= 0.6 is 0 Å². The molecule has 1 atom stereocenters. The number of hydrogen-bond acceptors (Lipinski definition) is 5. The zero-order chi connectivity index (χ0) is 19.3. The fourth-order valence-electron chi connectivity index (χ4n) is 4.21. The first-order valence-electron chi connectivity index (χ1n) is 10.1. The van der Waals surface area contributed by atoms with Crippen LogP contribution in [0.25, 0.3) is 11.0 Å². The van der Waals surface area contributed by atoms with Gasteiger partial charge in [0.25, 0.3) is 0 Å². The molecule has 0 fully saturated rings. The van der Waals surface area contributed by atoms with Crippen molar-refractivity contribution in [2.45, 2.75) is 44.7 Å². The van der Waals surface area contributed by atoms with Gasteiger partial charge in [-0.05, 0) is 69.0 Å². The number of unbranched alkanes of at least 4 members (excludes halogenated alkanes) is 1. The Morgan fingerprint density at radius 3 is 3.04 bits per heavy atom. The van der Waals surface area contributed by atoms with Crippen LogP contribution in [0.5, 0.6) is 0 Å². The molecule has 146 valence electrons. The highest BCUT2D eigenvalue weighted by Crippen LogP contribution is 2.34. The van der Waals surface area contributed by atoms with Crippen LogP contribution in [0.4, 0.5) is 0 Å². The van der Waals surface area contributed by atoms with Gasteiger partial charge in [0, 0.05) is 11.8 Å². The van der Waals surface area contributed by atoms with E-state index in [2.05, 4.69) is 16.0 Å². The molecule has 0 spiro atoms.